The lowest BCUT2D eigenvalue weighted by Gasteiger charge is -2.33. The summed E-state index contributed by atoms with van der Waals surface area (Å²) < 4.78 is 7.25. The van der Waals surface area contributed by atoms with Crippen LogP contribution in [-0.4, -0.2) is 0 Å². The molecule has 0 saturated heterocycles. The Bertz CT molecular complexity index is 3250. The third kappa shape index (κ3) is 4.88. The molecule has 9 aromatic carbocycles. The molecule has 2 heteroatoms. The Labute approximate surface area is 350 Å². The van der Waals surface area contributed by atoms with Crippen molar-refractivity contribution < 1.29 is 4.42 Å². The molecular weight excluding hydrogens is 727 g/mol. The lowest BCUT2D eigenvalue weighted by Crippen LogP contribution is -2.28. The van der Waals surface area contributed by atoms with E-state index in [0.29, 0.717) is 0 Å². The molecule has 60 heavy (non-hydrogen) atoms. The SMILES string of the molecule is CC1(C)c2ccccc2-c2ccc(N(c3cccc(-c4ccccc4)c3)c3ccc4c(c3)oc3c(C5(c6ccccc6)c6ccccc6-c6ccccc65)cccc34)cc21. The molecule has 0 spiro atoms. The van der Waals surface area contributed by atoms with Gasteiger partial charge in [-0.2, -0.15) is 0 Å². The molecule has 12 rings (SSSR count). The first kappa shape index (κ1) is 34.6. The summed E-state index contributed by atoms with van der Waals surface area (Å²) in [5.41, 5.74) is 19.4. The normalized spacial score (nSPS) is 14.1. The lowest BCUT2D eigenvalue weighted by molar-refractivity contribution is 0.648. The first-order chi connectivity index (χ1) is 29.5. The van der Waals surface area contributed by atoms with Crippen molar-refractivity contribution in [3.63, 3.8) is 0 Å². The van der Waals surface area contributed by atoms with Gasteiger partial charge < -0.3 is 9.32 Å². The summed E-state index contributed by atoms with van der Waals surface area (Å²) in [5.74, 6) is 0. The second-order valence-electron chi connectivity index (χ2n) is 16.8. The van der Waals surface area contributed by atoms with Gasteiger partial charge in [-0.05, 0) is 97.6 Å². The minimum absolute atomic E-state index is 0.134. The number of rotatable bonds is 6. The van der Waals surface area contributed by atoms with E-state index in [1.807, 2.05) is 0 Å². The van der Waals surface area contributed by atoms with Gasteiger partial charge >= 0.3 is 0 Å². The van der Waals surface area contributed by atoms with E-state index < -0.39 is 5.41 Å². The van der Waals surface area contributed by atoms with Crippen molar-refractivity contribution >= 4 is 39.0 Å². The highest BCUT2D eigenvalue weighted by Gasteiger charge is 2.47. The van der Waals surface area contributed by atoms with Crippen molar-refractivity contribution in [1.82, 2.24) is 0 Å². The molecule has 0 N–H and O–H groups in total. The van der Waals surface area contributed by atoms with Crippen LogP contribution < -0.4 is 4.90 Å². The Hall–Kier alpha value is -7.42. The average molecular weight is 768 g/mol. The van der Waals surface area contributed by atoms with Crippen LogP contribution in [0.2, 0.25) is 0 Å². The maximum absolute atomic E-state index is 7.25. The summed E-state index contributed by atoms with van der Waals surface area (Å²) in [6.45, 7) is 4.70. The van der Waals surface area contributed by atoms with Gasteiger partial charge in [0, 0.05) is 44.9 Å². The summed E-state index contributed by atoms with van der Waals surface area (Å²) in [4.78, 5) is 2.40. The van der Waals surface area contributed by atoms with Crippen molar-refractivity contribution in [2.24, 2.45) is 0 Å². The van der Waals surface area contributed by atoms with Crippen LogP contribution in [-0.2, 0) is 10.8 Å². The Kier molecular flexibility index (Phi) is 7.52. The highest BCUT2D eigenvalue weighted by Crippen LogP contribution is 2.58. The molecule has 1 heterocycles. The average Bonchev–Trinajstić information content (AvgIpc) is 3.91. The fourth-order valence-corrected chi connectivity index (χ4v) is 10.6. The predicted molar refractivity (Wildman–Crippen MR) is 249 cm³/mol. The topological polar surface area (TPSA) is 16.4 Å². The van der Waals surface area contributed by atoms with Gasteiger partial charge in [0.05, 0.1) is 5.41 Å². The van der Waals surface area contributed by atoms with Crippen LogP contribution >= 0.6 is 0 Å². The number of fused-ring (bicyclic) bond motifs is 9. The minimum atomic E-state index is -0.566. The first-order valence-electron chi connectivity index (χ1n) is 20.9. The van der Waals surface area contributed by atoms with E-state index in [2.05, 4.69) is 231 Å². The van der Waals surface area contributed by atoms with Gasteiger partial charge in [0.2, 0.25) is 0 Å². The molecular formula is C58H41NO. The molecule has 1 aromatic heterocycles. The zero-order valence-corrected chi connectivity index (χ0v) is 33.6. The Morgan fingerprint density at radius 1 is 0.367 bits per heavy atom. The molecule has 0 amide bonds. The molecule has 284 valence electrons. The van der Waals surface area contributed by atoms with Crippen molar-refractivity contribution in [2.45, 2.75) is 24.7 Å². The Balaban J connectivity index is 1.08. The summed E-state index contributed by atoms with van der Waals surface area (Å²) >= 11 is 0. The quantitative estimate of drug-likeness (QED) is 0.168. The zero-order valence-electron chi connectivity index (χ0n) is 33.6. The van der Waals surface area contributed by atoms with Crippen LogP contribution in [0, 0.1) is 0 Å². The van der Waals surface area contributed by atoms with Crippen molar-refractivity contribution in [1.29, 1.82) is 0 Å². The van der Waals surface area contributed by atoms with E-state index in [-0.39, 0.29) is 5.41 Å². The van der Waals surface area contributed by atoms with Crippen LogP contribution in [0.5, 0.6) is 0 Å². The predicted octanol–water partition coefficient (Wildman–Crippen LogP) is 15.4. The van der Waals surface area contributed by atoms with Crippen molar-refractivity contribution in [3.8, 4) is 33.4 Å². The molecule has 2 aliphatic carbocycles. The summed E-state index contributed by atoms with van der Waals surface area (Å²) in [6, 6.07) is 77.7. The van der Waals surface area contributed by atoms with Gasteiger partial charge in [-0.3, -0.25) is 0 Å². The van der Waals surface area contributed by atoms with E-state index in [4.69, 9.17) is 4.42 Å². The lowest BCUT2D eigenvalue weighted by atomic mass is 9.67. The Morgan fingerprint density at radius 3 is 1.63 bits per heavy atom. The zero-order chi connectivity index (χ0) is 40.0. The number of hydrogen-bond acceptors (Lipinski definition) is 2. The van der Waals surface area contributed by atoms with Crippen LogP contribution in [0.3, 0.4) is 0 Å². The van der Waals surface area contributed by atoms with E-state index in [9.17, 15) is 0 Å². The standard InChI is InChI=1S/C58H41NO/c1-57(2)50-27-12-9-23-44(50)47-33-31-42(36-54(47)57)59(41-22-15-19-39(35-41)38-17-5-3-6-18-38)43-32-34-48-49-26-16-30-53(56(49)60-55(48)37-43)58(40-20-7-4-8-21-40)51-28-13-10-24-45(51)46-25-11-14-29-52(46)58/h3-37H,1-2H3. The number of hydrogen-bond donors (Lipinski definition) is 0. The highest BCUT2D eigenvalue weighted by molar-refractivity contribution is 6.08. The minimum Gasteiger partial charge on any atom is -0.456 e. The number of benzene rings is 9. The highest BCUT2D eigenvalue weighted by atomic mass is 16.3. The molecule has 2 nitrogen and oxygen atoms in total. The molecule has 10 aromatic rings. The molecule has 0 atom stereocenters. The van der Waals surface area contributed by atoms with Gasteiger partial charge in [0.25, 0.3) is 0 Å². The van der Waals surface area contributed by atoms with Crippen molar-refractivity contribution in [2.75, 3.05) is 4.90 Å². The first-order valence-corrected chi connectivity index (χ1v) is 20.9. The molecule has 0 fully saturated rings. The number of furan rings is 1. The van der Waals surface area contributed by atoms with Gasteiger partial charge in [-0.1, -0.05) is 184 Å². The maximum Gasteiger partial charge on any atom is 0.140 e. The molecule has 2 aliphatic rings. The van der Waals surface area contributed by atoms with Crippen molar-refractivity contribution in [3.05, 3.63) is 246 Å². The van der Waals surface area contributed by atoms with Crippen LogP contribution in [0.15, 0.2) is 217 Å². The third-order valence-corrected chi connectivity index (χ3v) is 13.3. The number of para-hydroxylation sites is 1. The summed E-state index contributed by atoms with van der Waals surface area (Å²) in [6.07, 6.45) is 0. The van der Waals surface area contributed by atoms with Gasteiger partial charge in [-0.15, -0.1) is 0 Å². The van der Waals surface area contributed by atoms with Crippen LogP contribution in [0.25, 0.3) is 55.3 Å². The largest absolute Gasteiger partial charge is 0.456 e. The number of nitrogens with zero attached hydrogens (tertiary/aromatic N) is 1. The third-order valence-electron chi connectivity index (χ3n) is 13.3. The summed E-state index contributed by atoms with van der Waals surface area (Å²) in [5, 5.41) is 2.21. The maximum atomic E-state index is 7.25. The monoisotopic (exact) mass is 767 g/mol. The molecule has 0 radical (unpaired) electrons. The fourth-order valence-electron chi connectivity index (χ4n) is 10.6. The second kappa shape index (κ2) is 13.0. The van der Waals surface area contributed by atoms with Crippen LogP contribution in [0.4, 0.5) is 17.1 Å². The van der Waals surface area contributed by atoms with E-state index in [1.54, 1.807) is 0 Å². The fraction of sp³-hybridized carbons (Fsp3) is 0.0690. The molecule has 0 unspecified atom stereocenters. The van der Waals surface area contributed by atoms with E-state index in [0.717, 1.165) is 44.6 Å². The van der Waals surface area contributed by atoms with Gasteiger partial charge in [-0.25, -0.2) is 0 Å². The second-order valence-corrected chi connectivity index (χ2v) is 16.8. The van der Waals surface area contributed by atoms with E-state index in [1.165, 1.54) is 61.2 Å². The van der Waals surface area contributed by atoms with Gasteiger partial charge in [0.1, 0.15) is 11.2 Å². The van der Waals surface area contributed by atoms with Crippen LogP contribution in [0.1, 0.15) is 47.2 Å². The smallest absolute Gasteiger partial charge is 0.140 e. The van der Waals surface area contributed by atoms with Gasteiger partial charge in [0.15, 0.2) is 0 Å². The molecule has 0 aliphatic heterocycles. The molecule has 0 bridgehead atoms. The van der Waals surface area contributed by atoms with E-state index >= 15 is 0 Å². The number of anilines is 3. The summed E-state index contributed by atoms with van der Waals surface area (Å²) in [7, 11) is 0. The Morgan fingerprint density at radius 2 is 0.900 bits per heavy atom. The molecule has 0 saturated carbocycles.